The highest BCUT2D eigenvalue weighted by Crippen LogP contribution is 2.22. The van der Waals surface area contributed by atoms with Gasteiger partial charge in [-0.25, -0.2) is 0 Å². The third-order valence-corrected chi connectivity index (χ3v) is 3.96. The molecule has 0 bridgehead atoms. The van der Waals surface area contributed by atoms with Crippen molar-refractivity contribution in [2.24, 2.45) is 0 Å². The normalized spacial score (nSPS) is 12.6. The van der Waals surface area contributed by atoms with Gasteiger partial charge >= 0.3 is 0 Å². The molecule has 0 aromatic heterocycles. The van der Waals surface area contributed by atoms with Crippen LogP contribution in [0.25, 0.3) is 0 Å². The third-order valence-electron chi connectivity index (χ3n) is 2.57. The first-order valence-electron chi connectivity index (χ1n) is 6.38. The van der Waals surface area contributed by atoms with E-state index in [4.69, 9.17) is 11.6 Å². The van der Waals surface area contributed by atoms with Gasteiger partial charge in [-0.2, -0.15) is 0 Å². The van der Waals surface area contributed by atoms with E-state index in [0.29, 0.717) is 6.04 Å². The summed E-state index contributed by atoms with van der Waals surface area (Å²) >= 11 is 7.86. The fourth-order valence-electron chi connectivity index (χ4n) is 1.69. The van der Waals surface area contributed by atoms with Crippen LogP contribution in [0.1, 0.15) is 33.1 Å². The molecule has 1 rings (SSSR count). The summed E-state index contributed by atoms with van der Waals surface area (Å²) in [5, 5.41) is 4.42. The molecule has 1 aromatic rings. The molecule has 1 unspecified atom stereocenters. The van der Waals surface area contributed by atoms with E-state index < -0.39 is 0 Å². The van der Waals surface area contributed by atoms with Crippen LogP contribution in [0.2, 0.25) is 5.02 Å². The van der Waals surface area contributed by atoms with Gasteiger partial charge in [-0.3, -0.25) is 0 Å². The van der Waals surface area contributed by atoms with Crippen LogP contribution in [0.4, 0.5) is 0 Å². The topological polar surface area (TPSA) is 12.0 Å². The molecule has 0 aliphatic carbocycles. The smallest absolute Gasteiger partial charge is 0.0417 e. The molecule has 1 nitrogen and oxygen atoms in total. The van der Waals surface area contributed by atoms with E-state index >= 15 is 0 Å². The lowest BCUT2D eigenvalue weighted by atomic mass is 10.2. The molecule has 0 radical (unpaired) electrons. The van der Waals surface area contributed by atoms with Gasteiger partial charge in [0, 0.05) is 21.7 Å². The van der Waals surface area contributed by atoms with Gasteiger partial charge in [0.25, 0.3) is 0 Å². The summed E-state index contributed by atoms with van der Waals surface area (Å²) in [4.78, 5) is 1.26. The Morgan fingerprint density at radius 2 is 2.12 bits per heavy atom. The fraction of sp³-hybridized carbons (Fsp3) is 0.571. The van der Waals surface area contributed by atoms with Crippen LogP contribution in [-0.2, 0) is 0 Å². The number of rotatable bonds is 8. The summed E-state index contributed by atoms with van der Waals surface area (Å²) in [7, 11) is 0. The quantitative estimate of drug-likeness (QED) is 0.694. The van der Waals surface area contributed by atoms with E-state index in [1.54, 1.807) is 0 Å². The maximum absolute atomic E-state index is 5.98. The van der Waals surface area contributed by atoms with Crippen LogP contribution in [0, 0.1) is 0 Å². The minimum atomic E-state index is 0.615. The standard InChI is InChI=1S/C14H22ClNS/c1-3-6-13(16-9-4-2)11-17-14-8-5-7-12(15)10-14/h5,7-8,10,13,16H,3-4,6,9,11H2,1-2H3. The Morgan fingerprint density at radius 1 is 1.29 bits per heavy atom. The highest BCUT2D eigenvalue weighted by Gasteiger charge is 2.07. The Bertz CT molecular complexity index is 317. The number of thioether (sulfide) groups is 1. The Hall–Kier alpha value is -0.180. The van der Waals surface area contributed by atoms with Gasteiger partial charge in [-0.05, 0) is 37.6 Å². The lowest BCUT2D eigenvalue weighted by molar-refractivity contribution is 0.514. The minimum absolute atomic E-state index is 0.615. The van der Waals surface area contributed by atoms with E-state index in [1.165, 1.54) is 24.2 Å². The summed E-state index contributed by atoms with van der Waals surface area (Å²) in [6.07, 6.45) is 3.67. The average Bonchev–Trinajstić information content (AvgIpc) is 2.33. The molecule has 0 spiro atoms. The Labute approximate surface area is 114 Å². The van der Waals surface area contributed by atoms with Gasteiger partial charge in [0.2, 0.25) is 0 Å². The maximum Gasteiger partial charge on any atom is 0.0417 e. The maximum atomic E-state index is 5.98. The number of benzene rings is 1. The van der Waals surface area contributed by atoms with E-state index in [0.717, 1.165) is 17.3 Å². The molecule has 0 saturated heterocycles. The molecule has 17 heavy (non-hydrogen) atoms. The molecule has 0 aliphatic rings. The molecular weight excluding hydrogens is 250 g/mol. The predicted octanol–water partition coefficient (Wildman–Crippen LogP) is 4.60. The molecular formula is C14H22ClNS. The zero-order valence-electron chi connectivity index (χ0n) is 10.7. The van der Waals surface area contributed by atoms with Crippen LogP contribution in [0.15, 0.2) is 29.2 Å². The first-order valence-corrected chi connectivity index (χ1v) is 7.74. The van der Waals surface area contributed by atoms with Gasteiger partial charge in [0.15, 0.2) is 0 Å². The Morgan fingerprint density at radius 3 is 2.76 bits per heavy atom. The van der Waals surface area contributed by atoms with Crippen molar-refractivity contribution >= 4 is 23.4 Å². The molecule has 0 saturated carbocycles. The van der Waals surface area contributed by atoms with Crippen molar-refractivity contribution in [2.45, 2.75) is 44.0 Å². The van der Waals surface area contributed by atoms with Gasteiger partial charge in [-0.1, -0.05) is 37.9 Å². The van der Waals surface area contributed by atoms with Crippen molar-refractivity contribution in [3.8, 4) is 0 Å². The van der Waals surface area contributed by atoms with Crippen molar-refractivity contribution in [1.82, 2.24) is 5.32 Å². The zero-order chi connectivity index (χ0) is 12.5. The summed E-state index contributed by atoms with van der Waals surface area (Å²) in [5.41, 5.74) is 0. The van der Waals surface area contributed by atoms with Crippen molar-refractivity contribution < 1.29 is 0 Å². The van der Waals surface area contributed by atoms with Crippen molar-refractivity contribution in [1.29, 1.82) is 0 Å². The van der Waals surface area contributed by atoms with Gasteiger partial charge in [0.05, 0.1) is 0 Å². The Kier molecular flexibility index (Phi) is 7.74. The van der Waals surface area contributed by atoms with E-state index in [9.17, 15) is 0 Å². The van der Waals surface area contributed by atoms with E-state index in [1.807, 2.05) is 30.0 Å². The molecule has 1 aromatic carbocycles. The molecule has 1 N–H and O–H groups in total. The average molecular weight is 272 g/mol. The fourth-order valence-corrected chi connectivity index (χ4v) is 3.01. The second-order valence-electron chi connectivity index (χ2n) is 4.21. The van der Waals surface area contributed by atoms with Crippen LogP contribution in [0.5, 0.6) is 0 Å². The second-order valence-corrected chi connectivity index (χ2v) is 5.74. The predicted molar refractivity (Wildman–Crippen MR) is 79.2 cm³/mol. The molecule has 3 heteroatoms. The van der Waals surface area contributed by atoms with Crippen molar-refractivity contribution in [3.05, 3.63) is 29.3 Å². The molecule has 96 valence electrons. The van der Waals surface area contributed by atoms with Crippen molar-refractivity contribution in [3.63, 3.8) is 0 Å². The Balaban J connectivity index is 2.39. The molecule has 0 aliphatic heterocycles. The monoisotopic (exact) mass is 271 g/mol. The highest BCUT2D eigenvalue weighted by molar-refractivity contribution is 7.99. The lowest BCUT2D eigenvalue weighted by Crippen LogP contribution is -2.31. The summed E-state index contributed by atoms with van der Waals surface area (Å²) in [6, 6.07) is 8.71. The number of hydrogen-bond donors (Lipinski definition) is 1. The minimum Gasteiger partial charge on any atom is -0.313 e. The van der Waals surface area contributed by atoms with Crippen LogP contribution < -0.4 is 5.32 Å². The summed E-state index contributed by atoms with van der Waals surface area (Å²) in [6.45, 7) is 5.56. The van der Waals surface area contributed by atoms with Crippen LogP contribution >= 0.6 is 23.4 Å². The molecule has 0 amide bonds. The van der Waals surface area contributed by atoms with Crippen LogP contribution in [-0.4, -0.2) is 18.3 Å². The third kappa shape index (κ3) is 6.35. The molecule has 1 atom stereocenters. The van der Waals surface area contributed by atoms with E-state index in [-0.39, 0.29) is 0 Å². The number of hydrogen-bond acceptors (Lipinski definition) is 2. The lowest BCUT2D eigenvalue weighted by Gasteiger charge is -2.17. The number of halogens is 1. The summed E-state index contributed by atoms with van der Waals surface area (Å²) in [5.74, 6) is 1.12. The van der Waals surface area contributed by atoms with Crippen molar-refractivity contribution in [2.75, 3.05) is 12.3 Å². The first-order chi connectivity index (χ1) is 8.26. The highest BCUT2D eigenvalue weighted by atomic mass is 35.5. The van der Waals surface area contributed by atoms with Gasteiger partial charge < -0.3 is 5.32 Å². The largest absolute Gasteiger partial charge is 0.313 e. The van der Waals surface area contributed by atoms with E-state index in [2.05, 4.69) is 25.2 Å². The molecule has 0 heterocycles. The molecule has 0 fully saturated rings. The van der Waals surface area contributed by atoms with Gasteiger partial charge in [-0.15, -0.1) is 11.8 Å². The number of nitrogens with one attached hydrogen (secondary N) is 1. The zero-order valence-corrected chi connectivity index (χ0v) is 12.3. The summed E-state index contributed by atoms with van der Waals surface area (Å²) < 4.78 is 0. The second kappa shape index (κ2) is 8.84. The van der Waals surface area contributed by atoms with Crippen LogP contribution in [0.3, 0.4) is 0 Å². The first kappa shape index (κ1) is 14.9. The van der Waals surface area contributed by atoms with Gasteiger partial charge in [0.1, 0.15) is 0 Å². The SMILES string of the molecule is CCCNC(CCC)CSc1cccc(Cl)c1.